The van der Waals surface area contributed by atoms with Crippen LogP contribution in [0.25, 0.3) is 0 Å². The zero-order chi connectivity index (χ0) is 25.7. The molecular weight excluding hydrogens is 460 g/mol. The number of hydrogen-bond donors (Lipinski definition) is 6. The van der Waals surface area contributed by atoms with Crippen molar-refractivity contribution in [2.45, 2.75) is 82.1 Å². The number of unbranched alkanes of at least 4 members (excludes halogenated alkanes) is 1. The fraction of sp³-hybridized carbons (Fsp3) is 0.727. The van der Waals surface area contributed by atoms with Crippen molar-refractivity contribution < 1.29 is 33.9 Å². The number of rotatable bonds is 6. The Morgan fingerprint density at radius 2 is 1.77 bits per heavy atom. The van der Waals surface area contributed by atoms with Crippen LogP contribution in [0.4, 0.5) is 0 Å². The lowest BCUT2D eigenvalue weighted by atomic mass is 9.86. The molecule has 13 nitrogen and oxygen atoms in total. The second kappa shape index (κ2) is 11.5. The molecule has 7 N–H and O–H groups in total. The highest BCUT2D eigenvalue weighted by Crippen LogP contribution is 2.35. The van der Waals surface area contributed by atoms with E-state index in [1.54, 1.807) is 0 Å². The molecule has 3 aliphatic rings. The van der Waals surface area contributed by atoms with Crippen LogP contribution in [0.5, 0.6) is 0 Å². The highest BCUT2D eigenvalue weighted by Gasteiger charge is 2.50. The Morgan fingerprint density at radius 3 is 2.43 bits per heavy atom. The molecular formula is C22H34N6O7. The van der Waals surface area contributed by atoms with Crippen molar-refractivity contribution >= 4 is 35.5 Å². The van der Waals surface area contributed by atoms with E-state index in [1.807, 2.05) is 6.92 Å². The van der Waals surface area contributed by atoms with E-state index in [1.165, 1.54) is 4.90 Å². The van der Waals surface area contributed by atoms with E-state index in [4.69, 9.17) is 5.73 Å². The summed E-state index contributed by atoms with van der Waals surface area (Å²) in [6, 6.07) is -4.46. The lowest BCUT2D eigenvalue weighted by molar-refractivity contribution is -0.149. The number of nitrogens with two attached hydrogens (primary N) is 1. The number of aliphatic carboxylic acids is 1. The van der Waals surface area contributed by atoms with Gasteiger partial charge in [-0.05, 0) is 32.2 Å². The van der Waals surface area contributed by atoms with Gasteiger partial charge >= 0.3 is 5.97 Å². The van der Waals surface area contributed by atoms with Gasteiger partial charge < -0.3 is 37.0 Å². The fourth-order valence-corrected chi connectivity index (χ4v) is 5.08. The average Bonchev–Trinajstić information content (AvgIpc) is 3.24. The van der Waals surface area contributed by atoms with Gasteiger partial charge in [0, 0.05) is 12.0 Å². The van der Waals surface area contributed by atoms with E-state index >= 15 is 0 Å². The molecule has 3 rings (SSSR count). The van der Waals surface area contributed by atoms with Gasteiger partial charge in [0.05, 0.1) is 13.0 Å². The number of nitrogens with one attached hydrogen (secondary N) is 4. The van der Waals surface area contributed by atoms with Gasteiger partial charge in [0.2, 0.25) is 29.5 Å². The monoisotopic (exact) mass is 494 g/mol. The molecule has 0 unspecified atom stereocenters. The summed E-state index contributed by atoms with van der Waals surface area (Å²) < 4.78 is 0. The predicted molar refractivity (Wildman–Crippen MR) is 121 cm³/mol. The second-order valence-electron chi connectivity index (χ2n) is 9.35. The smallest absolute Gasteiger partial charge is 0.305 e. The summed E-state index contributed by atoms with van der Waals surface area (Å²) in [6.45, 7) is 1.53. The molecule has 3 aliphatic heterocycles. The molecule has 13 heteroatoms. The minimum atomic E-state index is -1.46. The van der Waals surface area contributed by atoms with Crippen molar-refractivity contribution in [2.24, 2.45) is 11.7 Å². The van der Waals surface area contributed by atoms with E-state index in [9.17, 15) is 33.9 Å². The molecule has 0 aromatic heterocycles. The number of nitrogens with zero attached hydrogens (tertiary/aromatic N) is 1. The molecule has 194 valence electrons. The van der Waals surface area contributed by atoms with Crippen molar-refractivity contribution in [2.75, 3.05) is 13.1 Å². The van der Waals surface area contributed by atoms with Crippen LogP contribution >= 0.6 is 0 Å². The summed E-state index contributed by atoms with van der Waals surface area (Å²) in [6.07, 6.45) is 2.53. The van der Waals surface area contributed by atoms with Gasteiger partial charge in [0.15, 0.2) is 0 Å². The van der Waals surface area contributed by atoms with Crippen molar-refractivity contribution in [3.63, 3.8) is 0 Å². The first-order valence-electron chi connectivity index (χ1n) is 12.1. The van der Waals surface area contributed by atoms with Crippen molar-refractivity contribution in [3.05, 3.63) is 0 Å². The SMILES string of the molecule is CCCC[C@@H]1NC(=O)[C@@H]2CC[C@H]3C[C@@H](CN)[C@@H](NC(=O)[C@H](CC(=O)O)NC(=O)CNC1=O)C(=O)N32. The summed E-state index contributed by atoms with van der Waals surface area (Å²) in [7, 11) is 0. The van der Waals surface area contributed by atoms with E-state index in [0.717, 1.165) is 6.42 Å². The van der Waals surface area contributed by atoms with Crippen LogP contribution in [0.2, 0.25) is 0 Å². The lowest BCUT2D eigenvalue weighted by Gasteiger charge is -2.42. The summed E-state index contributed by atoms with van der Waals surface area (Å²) in [4.78, 5) is 77.6. The first kappa shape index (κ1) is 26.4. The minimum Gasteiger partial charge on any atom is -0.481 e. The maximum absolute atomic E-state index is 13.5. The van der Waals surface area contributed by atoms with Gasteiger partial charge in [0.25, 0.3) is 0 Å². The number of carbonyl (C=O) groups excluding carboxylic acids is 5. The number of carboxylic acids is 1. The van der Waals surface area contributed by atoms with E-state index < -0.39 is 78.6 Å². The highest BCUT2D eigenvalue weighted by atomic mass is 16.4. The van der Waals surface area contributed by atoms with E-state index in [-0.39, 0.29) is 12.6 Å². The molecule has 5 amide bonds. The molecule has 0 aliphatic carbocycles. The van der Waals surface area contributed by atoms with Gasteiger partial charge in [0.1, 0.15) is 24.2 Å². The Hall–Kier alpha value is -3.22. The maximum atomic E-state index is 13.5. The molecule has 0 spiro atoms. The molecule has 6 atom stereocenters. The zero-order valence-corrected chi connectivity index (χ0v) is 19.7. The number of fused-ring (bicyclic) bond motifs is 1. The first-order chi connectivity index (χ1) is 16.7. The highest BCUT2D eigenvalue weighted by molar-refractivity contribution is 5.98. The third kappa shape index (κ3) is 6.08. The van der Waals surface area contributed by atoms with Crippen LogP contribution < -0.4 is 27.0 Å². The number of amides is 5. The predicted octanol–water partition coefficient (Wildman–Crippen LogP) is -2.43. The molecule has 0 saturated carbocycles. The fourth-order valence-electron chi connectivity index (χ4n) is 5.08. The molecule has 3 saturated heterocycles. The average molecular weight is 495 g/mol. The summed E-state index contributed by atoms with van der Waals surface area (Å²) in [5.74, 6) is -4.88. The van der Waals surface area contributed by atoms with Crippen molar-refractivity contribution in [1.82, 2.24) is 26.2 Å². The van der Waals surface area contributed by atoms with Crippen molar-refractivity contribution in [1.29, 1.82) is 0 Å². The second-order valence-corrected chi connectivity index (χ2v) is 9.35. The number of piperidine rings is 1. The Bertz CT molecular complexity index is 880. The largest absolute Gasteiger partial charge is 0.481 e. The summed E-state index contributed by atoms with van der Waals surface area (Å²) in [5.41, 5.74) is 5.89. The van der Waals surface area contributed by atoms with Crippen LogP contribution in [-0.4, -0.2) is 88.8 Å². The number of carbonyl (C=O) groups is 6. The molecule has 35 heavy (non-hydrogen) atoms. The Balaban J connectivity index is 1.95. The molecule has 2 bridgehead atoms. The molecule has 0 radical (unpaired) electrons. The van der Waals surface area contributed by atoms with Crippen LogP contribution in [0.15, 0.2) is 0 Å². The molecule has 3 heterocycles. The Morgan fingerprint density at radius 1 is 1.03 bits per heavy atom. The normalized spacial score (nSPS) is 32.1. The van der Waals surface area contributed by atoms with Crippen LogP contribution in [0.1, 0.15) is 51.9 Å². The summed E-state index contributed by atoms with van der Waals surface area (Å²) in [5, 5.41) is 19.3. The van der Waals surface area contributed by atoms with Crippen LogP contribution in [-0.2, 0) is 28.8 Å². The Kier molecular flexibility index (Phi) is 8.65. The topological polar surface area (TPSA) is 200 Å². The third-order valence-corrected chi connectivity index (χ3v) is 6.91. The standard InChI is InChI=1S/C22H34N6O7/c1-2-3-4-13-19(32)24-10-16(29)25-14(8-17(30)31)20(33)27-18-11(9-23)7-12-5-6-15(21(34)26-13)28(12)22(18)35/h11-15,18H,2-10,23H2,1H3,(H,24,32)(H,25,29)(H,26,34)(H,27,33)(H,30,31)/t11-,12-,13-,14-,15-,18+/m0/s1. The maximum Gasteiger partial charge on any atom is 0.305 e. The van der Waals surface area contributed by atoms with Gasteiger partial charge in [-0.2, -0.15) is 0 Å². The molecule has 0 aromatic carbocycles. The zero-order valence-electron chi connectivity index (χ0n) is 19.7. The van der Waals surface area contributed by atoms with E-state index in [2.05, 4.69) is 21.3 Å². The van der Waals surface area contributed by atoms with E-state index in [0.29, 0.717) is 32.1 Å². The van der Waals surface area contributed by atoms with Gasteiger partial charge in [-0.25, -0.2) is 0 Å². The first-order valence-corrected chi connectivity index (χ1v) is 12.1. The number of carboxylic acid groups (broad SMARTS) is 1. The molecule has 0 aromatic rings. The third-order valence-electron chi connectivity index (χ3n) is 6.91. The summed E-state index contributed by atoms with van der Waals surface area (Å²) >= 11 is 0. The Labute approximate surface area is 202 Å². The minimum absolute atomic E-state index is 0.103. The van der Waals surface area contributed by atoms with Gasteiger partial charge in [-0.1, -0.05) is 19.8 Å². The number of hydrogen-bond acceptors (Lipinski definition) is 7. The van der Waals surface area contributed by atoms with Crippen LogP contribution in [0.3, 0.4) is 0 Å². The lowest BCUT2D eigenvalue weighted by Crippen LogP contribution is -2.64. The molecule has 3 fully saturated rings. The van der Waals surface area contributed by atoms with Gasteiger partial charge in [-0.3, -0.25) is 28.8 Å². The van der Waals surface area contributed by atoms with Crippen molar-refractivity contribution in [3.8, 4) is 0 Å². The quantitative estimate of drug-likeness (QED) is 0.234. The van der Waals surface area contributed by atoms with Gasteiger partial charge in [-0.15, -0.1) is 0 Å². The van der Waals surface area contributed by atoms with Crippen LogP contribution in [0, 0.1) is 5.92 Å².